The molecule has 0 radical (unpaired) electrons. The molecule has 0 fully saturated rings. The van der Waals surface area contributed by atoms with Gasteiger partial charge in [0.25, 0.3) is 5.91 Å². The molecular weight excluding hydrogens is 503 g/mol. The Morgan fingerprint density at radius 3 is 2.55 bits per heavy atom. The van der Waals surface area contributed by atoms with Crippen LogP contribution in [0.3, 0.4) is 0 Å². The number of halogens is 1. The summed E-state index contributed by atoms with van der Waals surface area (Å²) in [4.78, 5) is 16.6. The summed E-state index contributed by atoms with van der Waals surface area (Å²) in [6.07, 6.45) is 0.902. The van der Waals surface area contributed by atoms with Crippen molar-refractivity contribution in [2.75, 3.05) is 7.05 Å². The maximum absolute atomic E-state index is 12.3. The lowest BCUT2D eigenvalue weighted by atomic mass is 10.1. The van der Waals surface area contributed by atoms with Crippen molar-refractivity contribution in [2.45, 2.75) is 46.3 Å². The molecule has 7 heteroatoms. The van der Waals surface area contributed by atoms with Gasteiger partial charge in [0.15, 0.2) is 5.96 Å². The number of hydrogen-bond acceptors (Lipinski definition) is 3. The molecule has 1 unspecified atom stereocenters. The van der Waals surface area contributed by atoms with E-state index in [0.717, 1.165) is 34.3 Å². The molecule has 3 aromatic rings. The minimum absolute atomic E-state index is 0. The maximum Gasteiger partial charge on any atom is 0.251 e. The van der Waals surface area contributed by atoms with Crippen molar-refractivity contribution in [1.29, 1.82) is 0 Å². The van der Waals surface area contributed by atoms with Gasteiger partial charge in [-0.1, -0.05) is 37.3 Å². The number of carbonyl (C=O) groups is 1. The second-order valence-corrected chi connectivity index (χ2v) is 7.41. The summed E-state index contributed by atoms with van der Waals surface area (Å²) in [6, 6.07) is 15.8. The van der Waals surface area contributed by atoms with Crippen LogP contribution in [0.25, 0.3) is 11.0 Å². The highest BCUT2D eigenvalue weighted by molar-refractivity contribution is 14.0. The molecule has 31 heavy (non-hydrogen) atoms. The van der Waals surface area contributed by atoms with Gasteiger partial charge in [-0.05, 0) is 44.0 Å². The van der Waals surface area contributed by atoms with Gasteiger partial charge in [-0.3, -0.25) is 9.79 Å². The lowest BCUT2D eigenvalue weighted by Crippen LogP contribution is -2.36. The molecule has 3 rings (SSSR count). The minimum atomic E-state index is -0.0472. The largest absolute Gasteiger partial charge is 0.459 e. The van der Waals surface area contributed by atoms with Crippen LogP contribution in [0.1, 0.15) is 47.5 Å². The number of hydrogen-bond donors (Lipinski definition) is 3. The van der Waals surface area contributed by atoms with E-state index >= 15 is 0 Å². The molecular formula is C24H31IN4O2. The fraction of sp³-hybridized carbons (Fsp3) is 0.333. The van der Waals surface area contributed by atoms with Gasteiger partial charge in [-0.2, -0.15) is 0 Å². The lowest BCUT2D eigenvalue weighted by molar-refractivity contribution is 0.0939. The van der Waals surface area contributed by atoms with Crippen molar-refractivity contribution < 1.29 is 9.21 Å². The van der Waals surface area contributed by atoms with Crippen LogP contribution >= 0.6 is 24.0 Å². The van der Waals surface area contributed by atoms with Gasteiger partial charge < -0.3 is 20.4 Å². The molecule has 1 amide bonds. The van der Waals surface area contributed by atoms with Crippen LogP contribution < -0.4 is 16.0 Å². The number of rotatable bonds is 7. The van der Waals surface area contributed by atoms with Crippen molar-refractivity contribution in [3.8, 4) is 0 Å². The average molecular weight is 534 g/mol. The number of aryl methyl sites for hydroxylation is 1. The standard InChI is InChI=1S/C24H30N4O2.HI/c1-5-16(2)28-23(29)19-10-8-9-18(13-19)14-26-24(25-4)27-15-22-17(3)20-11-6-7-12-21(20)30-22;/h6-13,16H,5,14-15H2,1-4H3,(H,28,29)(H2,25,26,27);1H. The van der Waals surface area contributed by atoms with Crippen LogP contribution in [0.15, 0.2) is 57.9 Å². The summed E-state index contributed by atoms with van der Waals surface area (Å²) < 4.78 is 5.95. The molecule has 2 aromatic carbocycles. The van der Waals surface area contributed by atoms with E-state index in [0.29, 0.717) is 24.6 Å². The van der Waals surface area contributed by atoms with Gasteiger partial charge >= 0.3 is 0 Å². The van der Waals surface area contributed by atoms with E-state index in [1.54, 1.807) is 7.05 Å². The van der Waals surface area contributed by atoms with E-state index in [2.05, 4.69) is 40.9 Å². The summed E-state index contributed by atoms with van der Waals surface area (Å²) in [5.74, 6) is 1.52. The normalized spacial score (nSPS) is 12.2. The monoisotopic (exact) mass is 534 g/mol. The first-order valence-electron chi connectivity index (χ1n) is 10.3. The predicted molar refractivity (Wildman–Crippen MR) is 137 cm³/mol. The zero-order valence-electron chi connectivity index (χ0n) is 18.5. The van der Waals surface area contributed by atoms with Crippen LogP contribution in [0.5, 0.6) is 0 Å². The number of furan rings is 1. The molecule has 1 atom stereocenters. The van der Waals surface area contributed by atoms with Gasteiger partial charge in [0, 0.05) is 36.1 Å². The number of amides is 1. The number of aliphatic imine (C=N–C) groups is 1. The number of benzene rings is 2. The number of guanidine groups is 1. The molecule has 0 saturated heterocycles. The van der Waals surface area contributed by atoms with E-state index in [4.69, 9.17) is 4.42 Å². The highest BCUT2D eigenvalue weighted by atomic mass is 127. The zero-order valence-corrected chi connectivity index (χ0v) is 20.8. The second kappa shape index (κ2) is 11.7. The fourth-order valence-electron chi connectivity index (χ4n) is 3.20. The van der Waals surface area contributed by atoms with Crippen LogP contribution in [0.4, 0.5) is 0 Å². The maximum atomic E-state index is 12.3. The lowest BCUT2D eigenvalue weighted by Gasteiger charge is -2.13. The van der Waals surface area contributed by atoms with Gasteiger partial charge in [0.2, 0.25) is 0 Å². The minimum Gasteiger partial charge on any atom is -0.459 e. The molecule has 6 nitrogen and oxygen atoms in total. The van der Waals surface area contributed by atoms with Gasteiger partial charge in [0.05, 0.1) is 6.54 Å². The fourth-order valence-corrected chi connectivity index (χ4v) is 3.20. The molecule has 0 bridgehead atoms. The summed E-state index contributed by atoms with van der Waals surface area (Å²) in [7, 11) is 1.73. The first-order valence-corrected chi connectivity index (χ1v) is 10.3. The molecule has 1 aromatic heterocycles. The zero-order chi connectivity index (χ0) is 21.5. The van der Waals surface area contributed by atoms with Crippen LogP contribution in [-0.2, 0) is 13.1 Å². The van der Waals surface area contributed by atoms with Crippen molar-refractivity contribution in [1.82, 2.24) is 16.0 Å². The number of fused-ring (bicyclic) bond motifs is 1. The van der Waals surface area contributed by atoms with E-state index in [9.17, 15) is 4.79 Å². The number of para-hydroxylation sites is 1. The molecule has 0 aliphatic heterocycles. The molecule has 0 aliphatic carbocycles. The molecule has 0 aliphatic rings. The van der Waals surface area contributed by atoms with Crippen molar-refractivity contribution >= 4 is 46.8 Å². The second-order valence-electron chi connectivity index (χ2n) is 7.41. The van der Waals surface area contributed by atoms with Gasteiger partial charge in [-0.25, -0.2) is 0 Å². The average Bonchev–Trinajstić information content (AvgIpc) is 3.09. The third-order valence-corrected chi connectivity index (χ3v) is 5.22. The first-order chi connectivity index (χ1) is 14.5. The van der Waals surface area contributed by atoms with Gasteiger partial charge in [-0.15, -0.1) is 24.0 Å². The highest BCUT2D eigenvalue weighted by Gasteiger charge is 2.11. The first kappa shape index (κ1) is 24.7. The molecule has 1 heterocycles. The Bertz CT molecular complexity index is 1040. The Labute approximate surface area is 200 Å². The van der Waals surface area contributed by atoms with Crippen LogP contribution in [0, 0.1) is 6.92 Å². The van der Waals surface area contributed by atoms with E-state index in [1.165, 1.54) is 0 Å². The van der Waals surface area contributed by atoms with E-state index in [-0.39, 0.29) is 35.9 Å². The Morgan fingerprint density at radius 2 is 1.84 bits per heavy atom. The number of carbonyl (C=O) groups excluding carboxylic acids is 1. The smallest absolute Gasteiger partial charge is 0.251 e. The summed E-state index contributed by atoms with van der Waals surface area (Å²) >= 11 is 0. The summed E-state index contributed by atoms with van der Waals surface area (Å²) in [5.41, 5.74) is 3.70. The molecule has 3 N–H and O–H groups in total. The molecule has 166 valence electrons. The molecule has 0 spiro atoms. The van der Waals surface area contributed by atoms with Gasteiger partial charge in [0.1, 0.15) is 11.3 Å². The summed E-state index contributed by atoms with van der Waals surface area (Å²) in [5, 5.41) is 10.7. The highest BCUT2D eigenvalue weighted by Crippen LogP contribution is 2.24. The predicted octanol–water partition coefficient (Wildman–Crippen LogP) is 4.75. The quantitative estimate of drug-likeness (QED) is 0.232. The Balaban J connectivity index is 0.00000341. The van der Waals surface area contributed by atoms with E-state index < -0.39 is 0 Å². The van der Waals surface area contributed by atoms with Crippen molar-refractivity contribution in [3.63, 3.8) is 0 Å². The van der Waals surface area contributed by atoms with Crippen LogP contribution in [0.2, 0.25) is 0 Å². The van der Waals surface area contributed by atoms with E-state index in [1.807, 2.05) is 49.4 Å². The van der Waals surface area contributed by atoms with Crippen LogP contribution in [-0.4, -0.2) is 25.0 Å². The summed E-state index contributed by atoms with van der Waals surface area (Å²) in [6.45, 7) is 7.22. The number of nitrogens with one attached hydrogen (secondary N) is 3. The third kappa shape index (κ3) is 6.46. The van der Waals surface area contributed by atoms with Crippen molar-refractivity contribution in [3.05, 3.63) is 71.0 Å². The topological polar surface area (TPSA) is 78.7 Å². The SMILES string of the molecule is CCC(C)NC(=O)c1cccc(CNC(=NC)NCc2oc3ccccc3c2C)c1.I. The Morgan fingerprint density at radius 1 is 1.10 bits per heavy atom. The molecule has 0 saturated carbocycles. The Hall–Kier alpha value is -2.55. The third-order valence-electron chi connectivity index (χ3n) is 5.22. The van der Waals surface area contributed by atoms with Crippen molar-refractivity contribution in [2.24, 2.45) is 4.99 Å². The Kier molecular flexibility index (Phi) is 9.36. The number of nitrogens with zero attached hydrogens (tertiary/aromatic N) is 1.